The summed E-state index contributed by atoms with van der Waals surface area (Å²) < 4.78 is 5.15. The van der Waals surface area contributed by atoms with Gasteiger partial charge in [0.2, 0.25) is 11.8 Å². The number of carbonyl (C=O) groups is 3. The molecule has 2 atom stereocenters. The summed E-state index contributed by atoms with van der Waals surface area (Å²) in [4.78, 5) is 38.8. The molecule has 0 saturated heterocycles. The first-order valence-electron chi connectivity index (χ1n) is 10.0. The fourth-order valence-electron chi connectivity index (χ4n) is 2.86. The van der Waals surface area contributed by atoms with Gasteiger partial charge >= 0.3 is 6.09 Å². The average Bonchev–Trinajstić information content (AvgIpc) is 2.60. The first kappa shape index (κ1) is 24.5. The molecule has 2 N–H and O–H groups in total. The van der Waals surface area contributed by atoms with Gasteiger partial charge in [-0.2, -0.15) is 0 Å². The molecule has 0 fully saturated rings. The Labute approximate surface area is 174 Å². The number of nitrogens with zero attached hydrogens (tertiary/aromatic N) is 1. The van der Waals surface area contributed by atoms with Gasteiger partial charge in [-0.05, 0) is 46.6 Å². The monoisotopic (exact) mass is 405 g/mol. The summed E-state index contributed by atoms with van der Waals surface area (Å²) in [6, 6.07) is 6.71. The standard InChI is InChI=1S/C22H35N3O4/c1-8-9-16(3)24-20(27)19(17-12-10-15(2)11-13-17)25(7)18(26)14-23-21(28)29-22(4,5)6/h10-13,16,19H,8-9,14H2,1-7H3,(H,23,28)(H,24,27). The highest BCUT2D eigenvalue weighted by Crippen LogP contribution is 2.21. The van der Waals surface area contributed by atoms with Crippen LogP contribution in [-0.2, 0) is 14.3 Å². The highest BCUT2D eigenvalue weighted by atomic mass is 16.6. The van der Waals surface area contributed by atoms with Gasteiger partial charge in [-0.15, -0.1) is 0 Å². The third-order valence-electron chi connectivity index (χ3n) is 4.32. The Balaban J connectivity index is 2.93. The number of nitrogens with one attached hydrogen (secondary N) is 2. The van der Waals surface area contributed by atoms with Crippen LogP contribution in [0.15, 0.2) is 24.3 Å². The second-order valence-electron chi connectivity index (χ2n) is 8.37. The number of likely N-dealkylation sites (N-methyl/N-ethyl adjacent to an activating group) is 1. The maximum absolute atomic E-state index is 13.0. The van der Waals surface area contributed by atoms with E-state index in [-0.39, 0.29) is 24.4 Å². The molecule has 1 aromatic rings. The predicted molar refractivity (Wildman–Crippen MR) is 113 cm³/mol. The van der Waals surface area contributed by atoms with Gasteiger partial charge in [0.15, 0.2) is 0 Å². The maximum atomic E-state index is 13.0. The number of ether oxygens (including phenoxy) is 1. The van der Waals surface area contributed by atoms with Gasteiger partial charge in [-0.3, -0.25) is 9.59 Å². The molecule has 0 aliphatic carbocycles. The third kappa shape index (κ3) is 8.54. The van der Waals surface area contributed by atoms with Crippen LogP contribution in [0.25, 0.3) is 0 Å². The lowest BCUT2D eigenvalue weighted by Gasteiger charge is -2.29. The zero-order chi connectivity index (χ0) is 22.2. The Hall–Kier alpha value is -2.57. The topological polar surface area (TPSA) is 87.7 Å². The highest BCUT2D eigenvalue weighted by molar-refractivity contribution is 5.90. The van der Waals surface area contributed by atoms with Crippen molar-refractivity contribution in [3.8, 4) is 0 Å². The molecule has 0 bridgehead atoms. The zero-order valence-corrected chi connectivity index (χ0v) is 18.7. The summed E-state index contributed by atoms with van der Waals surface area (Å²) in [5.74, 6) is -0.636. The van der Waals surface area contributed by atoms with Crippen LogP contribution in [0.2, 0.25) is 0 Å². The number of alkyl carbamates (subject to hydrolysis) is 1. The number of aryl methyl sites for hydroxylation is 1. The van der Waals surface area contributed by atoms with Gasteiger partial charge in [-0.25, -0.2) is 4.79 Å². The molecule has 0 radical (unpaired) electrons. The Morgan fingerprint density at radius 1 is 1.14 bits per heavy atom. The summed E-state index contributed by atoms with van der Waals surface area (Å²) in [6.45, 7) is 10.9. The molecule has 7 heteroatoms. The van der Waals surface area contributed by atoms with Crippen molar-refractivity contribution in [2.75, 3.05) is 13.6 Å². The largest absolute Gasteiger partial charge is 0.444 e. The van der Waals surface area contributed by atoms with Gasteiger partial charge in [-0.1, -0.05) is 43.2 Å². The first-order valence-corrected chi connectivity index (χ1v) is 10.0. The molecule has 1 rings (SSSR count). The second kappa shape index (κ2) is 10.8. The van der Waals surface area contributed by atoms with Gasteiger partial charge in [0.25, 0.3) is 0 Å². The first-order chi connectivity index (χ1) is 13.4. The van der Waals surface area contributed by atoms with Crippen LogP contribution in [0.4, 0.5) is 4.79 Å². The lowest BCUT2D eigenvalue weighted by Crippen LogP contribution is -2.47. The Morgan fingerprint density at radius 2 is 1.72 bits per heavy atom. The maximum Gasteiger partial charge on any atom is 0.408 e. The van der Waals surface area contributed by atoms with Gasteiger partial charge in [0.05, 0.1) is 0 Å². The van der Waals surface area contributed by atoms with Gasteiger partial charge in [0.1, 0.15) is 18.2 Å². The zero-order valence-electron chi connectivity index (χ0n) is 18.7. The number of benzene rings is 1. The molecule has 162 valence electrons. The molecule has 0 heterocycles. The fraction of sp³-hybridized carbons (Fsp3) is 0.591. The van der Waals surface area contributed by atoms with Crippen LogP contribution < -0.4 is 10.6 Å². The second-order valence-corrected chi connectivity index (χ2v) is 8.37. The van der Waals surface area contributed by atoms with Crippen molar-refractivity contribution in [3.63, 3.8) is 0 Å². The molecule has 1 aromatic carbocycles. The van der Waals surface area contributed by atoms with E-state index in [1.807, 2.05) is 38.1 Å². The van der Waals surface area contributed by atoms with Crippen molar-refractivity contribution in [2.24, 2.45) is 0 Å². The molecule has 0 aliphatic heterocycles. The third-order valence-corrected chi connectivity index (χ3v) is 4.32. The quantitative estimate of drug-likeness (QED) is 0.694. The van der Waals surface area contributed by atoms with Crippen molar-refractivity contribution < 1.29 is 19.1 Å². The number of hydrogen-bond acceptors (Lipinski definition) is 4. The SMILES string of the molecule is CCCC(C)NC(=O)C(c1ccc(C)cc1)N(C)C(=O)CNC(=O)OC(C)(C)C. The van der Waals surface area contributed by atoms with Crippen LogP contribution in [0, 0.1) is 6.92 Å². The van der Waals surface area contributed by atoms with Gasteiger partial charge < -0.3 is 20.3 Å². The molecule has 0 aromatic heterocycles. The Morgan fingerprint density at radius 3 is 2.24 bits per heavy atom. The minimum absolute atomic E-state index is 0.00355. The van der Waals surface area contributed by atoms with E-state index >= 15 is 0 Å². The summed E-state index contributed by atoms with van der Waals surface area (Å²) in [6.07, 6.45) is 1.13. The van der Waals surface area contributed by atoms with Crippen LogP contribution >= 0.6 is 0 Å². The van der Waals surface area contributed by atoms with Crippen molar-refractivity contribution >= 4 is 17.9 Å². The van der Waals surface area contributed by atoms with E-state index in [1.54, 1.807) is 27.8 Å². The fourth-order valence-corrected chi connectivity index (χ4v) is 2.86. The van der Waals surface area contributed by atoms with E-state index in [1.165, 1.54) is 4.90 Å². The number of amides is 3. The molecule has 2 unspecified atom stereocenters. The van der Waals surface area contributed by atoms with Crippen molar-refractivity contribution in [1.29, 1.82) is 0 Å². The Kier molecular flexibility index (Phi) is 9.14. The van der Waals surface area contributed by atoms with Gasteiger partial charge in [0, 0.05) is 13.1 Å². The summed E-state index contributed by atoms with van der Waals surface area (Å²) in [5, 5.41) is 5.43. The molecule has 3 amide bonds. The van der Waals surface area contributed by atoms with E-state index in [2.05, 4.69) is 17.6 Å². The van der Waals surface area contributed by atoms with E-state index in [0.29, 0.717) is 5.56 Å². The summed E-state index contributed by atoms with van der Waals surface area (Å²) in [7, 11) is 1.56. The Bertz CT molecular complexity index is 695. The molecule has 0 aliphatic rings. The molecule has 7 nitrogen and oxygen atoms in total. The van der Waals surface area contributed by atoms with Crippen LogP contribution in [0.3, 0.4) is 0 Å². The van der Waals surface area contributed by atoms with Crippen LogP contribution in [-0.4, -0.2) is 48.0 Å². The molecule has 0 saturated carbocycles. The van der Waals surface area contributed by atoms with Crippen molar-refractivity contribution in [2.45, 2.75) is 72.1 Å². The predicted octanol–water partition coefficient (Wildman–Crippen LogP) is 3.32. The highest BCUT2D eigenvalue weighted by Gasteiger charge is 2.29. The lowest BCUT2D eigenvalue weighted by molar-refractivity contribution is -0.138. The number of carbonyl (C=O) groups excluding carboxylic acids is 3. The molecule has 29 heavy (non-hydrogen) atoms. The van der Waals surface area contributed by atoms with E-state index in [9.17, 15) is 14.4 Å². The van der Waals surface area contributed by atoms with Crippen molar-refractivity contribution in [3.05, 3.63) is 35.4 Å². The van der Waals surface area contributed by atoms with E-state index < -0.39 is 17.7 Å². The summed E-state index contributed by atoms with van der Waals surface area (Å²) in [5.41, 5.74) is 1.12. The lowest BCUT2D eigenvalue weighted by atomic mass is 10.0. The smallest absolute Gasteiger partial charge is 0.408 e. The van der Waals surface area contributed by atoms with Crippen LogP contribution in [0.5, 0.6) is 0 Å². The molecular weight excluding hydrogens is 370 g/mol. The van der Waals surface area contributed by atoms with E-state index in [4.69, 9.17) is 4.74 Å². The van der Waals surface area contributed by atoms with E-state index in [0.717, 1.165) is 18.4 Å². The minimum atomic E-state index is -0.789. The normalized spacial score (nSPS) is 13.2. The molecule has 0 spiro atoms. The molecular formula is C22H35N3O4. The average molecular weight is 406 g/mol. The van der Waals surface area contributed by atoms with Crippen molar-refractivity contribution in [1.82, 2.24) is 15.5 Å². The number of hydrogen-bond donors (Lipinski definition) is 2. The summed E-state index contributed by atoms with van der Waals surface area (Å²) >= 11 is 0. The van der Waals surface area contributed by atoms with Crippen LogP contribution in [0.1, 0.15) is 64.6 Å². The number of rotatable bonds is 8. The minimum Gasteiger partial charge on any atom is -0.444 e.